The molecule has 0 fully saturated rings. The Balaban J connectivity index is 2.61. The van der Waals surface area contributed by atoms with Crippen LogP contribution in [0.1, 0.15) is 29.3 Å². The van der Waals surface area contributed by atoms with Gasteiger partial charge in [-0.2, -0.15) is 5.10 Å². The fraction of sp³-hybridized carbons (Fsp3) is 0.357. The number of halogens is 2. The summed E-state index contributed by atoms with van der Waals surface area (Å²) in [5, 5.41) is 4.02. The highest BCUT2D eigenvalue weighted by Gasteiger charge is 2.25. The minimum absolute atomic E-state index is 0.194. The third-order valence-corrected chi connectivity index (χ3v) is 3.43. The van der Waals surface area contributed by atoms with Gasteiger partial charge in [-0.25, -0.2) is 18.4 Å². The molecule has 2 aromatic heterocycles. The van der Waals surface area contributed by atoms with Crippen LogP contribution in [0, 0.1) is 25.4 Å². The molecule has 0 amide bonds. The number of aryl methyl sites for hydroxylation is 3. The SMILES string of the molecule is Cc1cc(C)c(-n2ncc(C(C)(F)F)cc2=S)nc1C. The summed E-state index contributed by atoms with van der Waals surface area (Å²) < 4.78 is 28.1. The molecule has 0 saturated carbocycles. The molecule has 0 N–H and O–H groups in total. The van der Waals surface area contributed by atoms with Crippen LogP contribution in [0.25, 0.3) is 5.82 Å². The Hall–Kier alpha value is -1.69. The Morgan fingerprint density at radius 1 is 1.15 bits per heavy atom. The predicted octanol–water partition coefficient (Wildman–Crippen LogP) is 4.03. The van der Waals surface area contributed by atoms with Crippen molar-refractivity contribution in [3.63, 3.8) is 0 Å². The smallest absolute Gasteiger partial charge is 0.233 e. The summed E-state index contributed by atoms with van der Waals surface area (Å²) in [6, 6.07) is 3.24. The molecule has 0 atom stereocenters. The molecular formula is C14H15F2N3S. The summed E-state index contributed by atoms with van der Waals surface area (Å²) in [5.41, 5.74) is 2.63. The number of alkyl halides is 2. The fourth-order valence-electron chi connectivity index (χ4n) is 1.85. The van der Waals surface area contributed by atoms with Gasteiger partial charge in [0.25, 0.3) is 5.92 Å². The van der Waals surface area contributed by atoms with Crippen molar-refractivity contribution < 1.29 is 8.78 Å². The van der Waals surface area contributed by atoms with E-state index < -0.39 is 5.92 Å². The van der Waals surface area contributed by atoms with E-state index in [-0.39, 0.29) is 10.2 Å². The maximum atomic E-state index is 13.3. The summed E-state index contributed by atoms with van der Waals surface area (Å²) >= 11 is 5.15. The van der Waals surface area contributed by atoms with E-state index in [4.69, 9.17) is 12.2 Å². The van der Waals surface area contributed by atoms with Crippen LogP contribution in [-0.2, 0) is 5.92 Å². The number of nitrogens with zero attached hydrogens (tertiary/aromatic N) is 3. The van der Waals surface area contributed by atoms with Crippen molar-refractivity contribution in [2.45, 2.75) is 33.6 Å². The lowest BCUT2D eigenvalue weighted by Crippen LogP contribution is -2.13. The van der Waals surface area contributed by atoms with E-state index in [1.54, 1.807) is 0 Å². The van der Waals surface area contributed by atoms with Crippen molar-refractivity contribution in [1.29, 1.82) is 0 Å². The average molecular weight is 295 g/mol. The van der Waals surface area contributed by atoms with Crippen molar-refractivity contribution in [2.24, 2.45) is 0 Å². The van der Waals surface area contributed by atoms with Crippen molar-refractivity contribution in [1.82, 2.24) is 14.8 Å². The number of hydrogen-bond acceptors (Lipinski definition) is 3. The normalized spacial score (nSPS) is 11.7. The Kier molecular flexibility index (Phi) is 3.69. The summed E-state index contributed by atoms with van der Waals surface area (Å²) in [6.07, 6.45) is 1.13. The fourth-order valence-corrected chi connectivity index (χ4v) is 2.11. The maximum Gasteiger partial charge on any atom is 0.272 e. The van der Waals surface area contributed by atoms with E-state index in [0.29, 0.717) is 5.82 Å². The van der Waals surface area contributed by atoms with Gasteiger partial charge >= 0.3 is 0 Å². The van der Waals surface area contributed by atoms with E-state index in [1.807, 2.05) is 26.8 Å². The van der Waals surface area contributed by atoms with E-state index >= 15 is 0 Å². The molecule has 0 aliphatic carbocycles. The zero-order valence-corrected chi connectivity index (χ0v) is 12.6. The Morgan fingerprint density at radius 3 is 2.35 bits per heavy atom. The molecule has 0 aromatic carbocycles. The van der Waals surface area contributed by atoms with Crippen LogP contribution in [0.15, 0.2) is 18.3 Å². The van der Waals surface area contributed by atoms with Gasteiger partial charge < -0.3 is 0 Å². The molecular weight excluding hydrogens is 280 g/mol. The van der Waals surface area contributed by atoms with Gasteiger partial charge in [-0.05, 0) is 38.0 Å². The molecule has 0 aliphatic heterocycles. The molecule has 0 aliphatic rings. The van der Waals surface area contributed by atoms with Crippen LogP contribution in [0.5, 0.6) is 0 Å². The van der Waals surface area contributed by atoms with Gasteiger partial charge in [-0.1, -0.05) is 18.3 Å². The molecule has 0 radical (unpaired) electrons. The molecule has 0 unspecified atom stereocenters. The van der Waals surface area contributed by atoms with Gasteiger partial charge in [-0.15, -0.1) is 0 Å². The standard InChI is InChI=1S/C14H15F2N3S/c1-8-5-9(2)13(18-10(8)3)19-12(20)6-11(7-17-19)14(4,15)16/h5-7H,1-4H3. The molecule has 2 aromatic rings. The van der Waals surface area contributed by atoms with Crippen LogP contribution >= 0.6 is 12.2 Å². The van der Waals surface area contributed by atoms with Crippen molar-refractivity contribution in [2.75, 3.05) is 0 Å². The first-order valence-corrected chi connectivity index (χ1v) is 6.54. The molecule has 106 valence electrons. The molecule has 20 heavy (non-hydrogen) atoms. The van der Waals surface area contributed by atoms with Crippen LogP contribution < -0.4 is 0 Å². The monoisotopic (exact) mass is 295 g/mol. The number of pyridine rings is 1. The van der Waals surface area contributed by atoms with E-state index in [2.05, 4.69) is 10.1 Å². The zero-order valence-electron chi connectivity index (χ0n) is 11.7. The summed E-state index contributed by atoms with van der Waals surface area (Å²) in [6.45, 7) is 6.56. The summed E-state index contributed by atoms with van der Waals surface area (Å²) in [7, 11) is 0. The minimum Gasteiger partial charge on any atom is -0.233 e. The minimum atomic E-state index is -2.95. The average Bonchev–Trinajstić information content (AvgIpc) is 2.33. The summed E-state index contributed by atoms with van der Waals surface area (Å²) in [5.74, 6) is -2.38. The lowest BCUT2D eigenvalue weighted by atomic mass is 10.1. The Morgan fingerprint density at radius 2 is 1.80 bits per heavy atom. The first-order valence-electron chi connectivity index (χ1n) is 6.13. The molecule has 6 heteroatoms. The molecule has 2 rings (SSSR count). The lowest BCUT2D eigenvalue weighted by Gasteiger charge is -2.14. The van der Waals surface area contributed by atoms with Crippen molar-refractivity contribution >= 4 is 12.2 Å². The highest BCUT2D eigenvalue weighted by Crippen LogP contribution is 2.26. The first kappa shape index (κ1) is 14.7. The highest BCUT2D eigenvalue weighted by atomic mass is 32.1. The second kappa shape index (κ2) is 5.01. The number of hydrogen-bond donors (Lipinski definition) is 0. The van der Waals surface area contributed by atoms with E-state index in [9.17, 15) is 8.78 Å². The topological polar surface area (TPSA) is 30.7 Å². The van der Waals surface area contributed by atoms with Gasteiger partial charge in [0.05, 0.1) is 6.20 Å². The summed E-state index contributed by atoms with van der Waals surface area (Å²) in [4.78, 5) is 4.44. The van der Waals surface area contributed by atoms with Crippen LogP contribution in [0.2, 0.25) is 0 Å². The van der Waals surface area contributed by atoms with Gasteiger partial charge in [0.2, 0.25) is 0 Å². The van der Waals surface area contributed by atoms with Crippen molar-refractivity contribution in [3.8, 4) is 5.82 Å². The molecule has 0 saturated heterocycles. The zero-order chi connectivity index (χ0) is 15.1. The van der Waals surface area contributed by atoms with Gasteiger partial charge in [-0.3, -0.25) is 0 Å². The number of aromatic nitrogens is 3. The highest BCUT2D eigenvalue weighted by molar-refractivity contribution is 7.71. The molecule has 3 nitrogen and oxygen atoms in total. The second-order valence-electron chi connectivity index (χ2n) is 4.91. The molecule has 0 bridgehead atoms. The van der Waals surface area contributed by atoms with Crippen LogP contribution in [0.3, 0.4) is 0 Å². The van der Waals surface area contributed by atoms with Crippen LogP contribution in [0.4, 0.5) is 8.78 Å². The lowest BCUT2D eigenvalue weighted by molar-refractivity contribution is 0.0168. The third kappa shape index (κ3) is 2.75. The molecule has 2 heterocycles. The van der Waals surface area contributed by atoms with Crippen molar-refractivity contribution in [3.05, 3.63) is 45.4 Å². The predicted molar refractivity (Wildman–Crippen MR) is 76.0 cm³/mol. The number of rotatable bonds is 2. The third-order valence-electron chi connectivity index (χ3n) is 3.14. The quantitative estimate of drug-likeness (QED) is 0.784. The second-order valence-corrected chi connectivity index (χ2v) is 5.33. The van der Waals surface area contributed by atoms with Crippen LogP contribution in [-0.4, -0.2) is 14.8 Å². The first-order chi connectivity index (χ1) is 9.20. The van der Waals surface area contributed by atoms with E-state index in [1.165, 1.54) is 10.7 Å². The maximum absolute atomic E-state index is 13.3. The van der Waals surface area contributed by atoms with Gasteiger partial charge in [0.1, 0.15) is 4.64 Å². The van der Waals surface area contributed by atoms with E-state index in [0.717, 1.165) is 29.9 Å². The Bertz CT molecular complexity index is 717. The van der Waals surface area contributed by atoms with Gasteiger partial charge in [0, 0.05) is 18.2 Å². The largest absolute Gasteiger partial charge is 0.272 e. The molecule has 0 spiro atoms. The van der Waals surface area contributed by atoms with Gasteiger partial charge in [0.15, 0.2) is 5.82 Å². The Labute approximate surface area is 121 Å².